The Kier molecular flexibility index (Phi) is 7.42. The van der Waals surface area contributed by atoms with Gasteiger partial charge in [-0.2, -0.15) is 13.2 Å². The molecule has 3 aromatic rings. The standard InChI is InChI=1S/C22H22F3N3O4S/c1-3-10-33(29,30)28-20-13-19(26-27-21(20)31-2)16-7-5-9-18(12-16)32-14-15-6-4-8-17(11-15)22(23,24)25/h4-9,11-13H,3,10,14H2,1-2H3,(H,26,28). The van der Waals surface area contributed by atoms with Crippen LogP contribution in [-0.2, 0) is 22.8 Å². The van der Waals surface area contributed by atoms with Crippen molar-refractivity contribution < 1.29 is 31.1 Å². The monoisotopic (exact) mass is 481 g/mol. The number of methoxy groups -OCH3 is 1. The molecule has 176 valence electrons. The third kappa shape index (κ3) is 6.58. The Hall–Kier alpha value is -3.34. The first-order valence-electron chi connectivity index (χ1n) is 9.93. The van der Waals surface area contributed by atoms with Gasteiger partial charge in [-0.3, -0.25) is 4.72 Å². The topological polar surface area (TPSA) is 90.4 Å². The van der Waals surface area contributed by atoms with Gasteiger partial charge < -0.3 is 9.47 Å². The fraction of sp³-hybridized carbons (Fsp3) is 0.273. The van der Waals surface area contributed by atoms with Crippen LogP contribution >= 0.6 is 0 Å². The molecule has 11 heteroatoms. The summed E-state index contributed by atoms with van der Waals surface area (Å²) in [7, 11) is -2.23. The van der Waals surface area contributed by atoms with E-state index >= 15 is 0 Å². The third-order valence-electron chi connectivity index (χ3n) is 4.48. The molecular weight excluding hydrogens is 459 g/mol. The zero-order valence-corrected chi connectivity index (χ0v) is 18.7. The van der Waals surface area contributed by atoms with E-state index in [4.69, 9.17) is 9.47 Å². The van der Waals surface area contributed by atoms with Gasteiger partial charge in [-0.1, -0.05) is 31.2 Å². The first-order chi connectivity index (χ1) is 15.6. The van der Waals surface area contributed by atoms with E-state index in [-0.39, 0.29) is 23.9 Å². The highest BCUT2D eigenvalue weighted by Crippen LogP contribution is 2.31. The maximum atomic E-state index is 12.9. The number of halogens is 3. The molecule has 0 spiro atoms. The van der Waals surface area contributed by atoms with Gasteiger partial charge >= 0.3 is 6.18 Å². The van der Waals surface area contributed by atoms with E-state index < -0.39 is 21.8 Å². The van der Waals surface area contributed by atoms with E-state index in [2.05, 4.69) is 14.9 Å². The summed E-state index contributed by atoms with van der Waals surface area (Å²) in [6.45, 7) is 1.68. The zero-order valence-electron chi connectivity index (χ0n) is 17.9. The smallest absolute Gasteiger partial charge is 0.416 e. The largest absolute Gasteiger partial charge is 0.489 e. The Morgan fingerprint density at radius 1 is 1.03 bits per heavy atom. The molecular formula is C22H22F3N3O4S. The van der Waals surface area contributed by atoms with E-state index in [1.165, 1.54) is 19.2 Å². The van der Waals surface area contributed by atoms with Crippen molar-refractivity contribution in [2.24, 2.45) is 0 Å². The summed E-state index contributed by atoms with van der Waals surface area (Å²) in [6.07, 6.45) is -3.99. The molecule has 0 aliphatic heterocycles. The SMILES string of the molecule is CCCS(=O)(=O)Nc1cc(-c2cccc(OCc3cccc(C(F)(F)F)c3)c2)nnc1OC. The minimum absolute atomic E-state index is 0.0235. The van der Waals surface area contributed by atoms with Crippen LogP contribution in [-0.4, -0.2) is 31.5 Å². The van der Waals surface area contributed by atoms with Gasteiger partial charge in [-0.25, -0.2) is 8.42 Å². The van der Waals surface area contributed by atoms with E-state index in [0.29, 0.717) is 29.0 Å². The minimum Gasteiger partial charge on any atom is -0.489 e. The Morgan fingerprint density at radius 2 is 1.79 bits per heavy atom. The Labute approximate surface area is 189 Å². The fourth-order valence-corrected chi connectivity index (χ4v) is 4.10. The van der Waals surface area contributed by atoms with E-state index in [1.807, 2.05) is 0 Å². The third-order valence-corrected chi connectivity index (χ3v) is 5.96. The van der Waals surface area contributed by atoms with Gasteiger partial charge in [0.1, 0.15) is 18.0 Å². The molecule has 0 aliphatic carbocycles. The number of anilines is 1. The highest BCUT2D eigenvalue weighted by Gasteiger charge is 2.30. The van der Waals surface area contributed by atoms with Crippen molar-refractivity contribution >= 4 is 15.7 Å². The average Bonchev–Trinajstić information content (AvgIpc) is 2.77. The van der Waals surface area contributed by atoms with Crippen molar-refractivity contribution in [3.8, 4) is 22.9 Å². The van der Waals surface area contributed by atoms with Crippen LogP contribution in [0.3, 0.4) is 0 Å². The van der Waals surface area contributed by atoms with Crippen LogP contribution in [0.4, 0.5) is 18.9 Å². The molecule has 0 saturated heterocycles. The molecule has 7 nitrogen and oxygen atoms in total. The highest BCUT2D eigenvalue weighted by atomic mass is 32.2. The molecule has 3 rings (SSSR count). The molecule has 0 amide bonds. The molecule has 0 unspecified atom stereocenters. The summed E-state index contributed by atoms with van der Waals surface area (Å²) < 4.78 is 76.2. The number of sulfonamides is 1. The molecule has 1 N–H and O–H groups in total. The van der Waals surface area contributed by atoms with Crippen LogP contribution in [0.1, 0.15) is 24.5 Å². The summed E-state index contributed by atoms with van der Waals surface area (Å²) in [5.74, 6) is 0.359. The maximum Gasteiger partial charge on any atom is 0.416 e. The van der Waals surface area contributed by atoms with Crippen molar-refractivity contribution in [3.05, 3.63) is 65.7 Å². The van der Waals surface area contributed by atoms with Crippen LogP contribution < -0.4 is 14.2 Å². The normalized spacial score (nSPS) is 11.8. The summed E-state index contributed by atoms with van der Waals surface area (Å²) in [4.78, 5) is 0. The van der Waals surface area contributed by atoms with Crippen LogP contribution in [0.15, 0.2) is 54.6 Å². The van der Waals surface area contributed by atoms with Gasteiger partial charge in [0.15, 0.2) is 0 Å². The number of nitrogens with one attached hydrogen (secondary N) is 1. The number of nitrogens with zero attached hydrogens (tertiary/aromatic N) is 2. The first-order valence-corrected chi connectivity index (χ1v) is 11.6. The number of benzene rings is 2. The van der Waals surface area contributed by atoms with Crippen molar-refractivity contribution in [2.75, 3.05) is 17.6 Å². The van der Waals surface area contributed by atoms with Crippen molar-refractivity contribution in [1.29, 1.82) is 0 Å². The number of aromatic nitrogens is 2. The van der Waals surface area contributed by atoms with Crippen molar-refractivity contribution in [3.63, 3.8) is 0 Å². The molecule has 0 radical (unpaired) electrons. The molecule has 0 aliphatic rings. The van der Waals surface area contributed by atoms with Gasteiger partial charge in [-0.05, 0) is 42.3 Å². The summed E-state index contributed by atoms with van der Waals surface area (Å²) in [5.41, 5.74) is 0.694. The summed E-state index contributed by atoms with van der Waals surface area (Å²) in [5, 5.41) is 7.99. The summed E-state index contributed by atoms with van der Waals surface area (Å²) in [6, 6.07) is 13.1. The lowest BCUT2D eigenvalue weighted by molar-refractivity contribution is -0.137. The number of rotatable bonds is 9. The molecule has 0 fully saturated rings. The highest BCUT2D eigenvalue weighted by molar-refractivity contribution is 7.92. The maximum absolute atomic E-state index is 12.9. The van der Waals surface area contributed by atoms with E-state index in [0.717, 1.165) is 12.1 Å². The van der Waals surface area contributed by atoms with Crippen LogP contribution in [0.25, 0.3) is 11.3 Å². The fourth-order valence-electron chi connectivity index (χ4n) is 2.98. The number of alkyl halides is 3. The molecule has 33 heavy (non-hydrogen) atoms. The van der Waals surface area contributed by atoms with E-state index in [9.17, 15) is 21.6 Å². The zero-order chi connectivity index (χ0) is 24.1. The molecule has 2 aromatic carbocycles. The lowest BCUT2D eigenvalue weighted by Gasteiger charge is -2.12. The molecule has 1 aromatic heterocycles. The molecule has 0 bridgehead atoms. The molecule has 0 saturated carbocycles. The van der Waals surface area contributed by atoms with Gasteiger partial charge in [0.2, 0.25) is 10.0 Å². The predicted octanol–water partition coefficient (Wildman–Crippen LogP) is 4.90. The van der Waals surface area contributed by atoms with Gasteiger partial charge in [0, 0.05) is 5.56 Å². The van der Waals surface area contributed by atoms with Crippen molar-refractivity contribution in [2.45, 2.75) is 26.1 Å². The second kappa shape index (κ2) is 10.1. The molecule has 1 heterocycles. The number of ether oxygens (including phenoxy) is 2. The Morgan fingerprint density at radius 3 is 2.48 bits per heavy atom. The Balaban J connectivity index is 1.81. The first kappa shape index (κ1) is 24.3. The van der Waals surface area contributed by atoms with Gasteiger partial charge in [0.05, 0.1) is 24.1 Å². The quantitative estimate of drug-likeness (QED) is 0.468. The Bertz CT molecular complexity index is 1220. The van der Waals surface area contributed by atoms with Gasteiger partial charge in [0.25, 0.3) is 5.88 Å². The lowest BCUT2D eigenvalue weighted by atomic mass is 10.1. The van der Waals surface area contributed by atoms with E-state index in [1.54, 1.807) is 37.3 Å². The summed E-state index contributed by atoms with van der Waals surface area (Å²) >= 11 is 0. The number of hydrogen-bond donors (Lipinski definition) is 1. The van der Waals surface area contributed by atoms with Crippen LogP contribution in [0.5, 0.6) is 11.6 Å². The van der Waals surface area contributed by atoms with Crippen LogP contribution in [0, 0.1) is 0 Å². The van der Waals surface area contributed by atoms with Gasteiger partial charge in [-0.15, -0.1) is 10.2 Å². The second-order valence-corrected chi connectivity index (χ2v) is 8.93. The average molecular weight is 481 g/mol. The minimum atomic E-state index is -4.43. The van der Waals surface area contributed by atoms with Crippen LogP contribution in [0.2, 0.25) is 0 Å². The molecule has 0 atom stereocenters. The predicted molar refractivity (Wildman–Crippen MR) is 117 cm³/mol. The lowest BCUT2D eigenvalue weighted by Crippen LogP contribution is -2.17. The number of hydrogen-bond acceptors (Lipinski definition) is 6. The van der Waals surface area contributed by atoms with Crippen molar-refractivity contribution in [1.82, 2.24) is 10.2 Å². The second-order valence-electron chi connectivity index (χ2n) is 7.09.